The number of nitrogens with one attached hydrogen (secondary N) is 2. The summed E-state index contributed by atoms with van der Waals surface area (Å²) in [7, 11) is 0. The van der Waals surface area contributed by atoms with Crippen molar-refractivity contribution in [1.29, 1.82) is 5.41 Å². The van der Waals surface area contributed by atoms with Crippen molar-refractivity contribution in [3.05, 3.63) is 82.7 Å². The molecule has 4 N–H and O–H groups in total. The Hall–Kier alpha value is -2.94. The first-order valence-corrected chi connectivity index (χ1v) is 12.1. The Morgan fingerprint density at radius 3 is 2.50 bits per heavy atom. The predicted octanol–water partition coefficient (Wildman–Crippen LogP) is 5.88. The maximum absolute atomic E-state index is 11.1. The molecule has 3 aromatic rings. The number of benzene rings is 2. The third-order valence-corrected chi connectivity index (χ3v) is 6.68. The SMILES string of the molecule is N=C(/C(Oc1ccc(SN)cc1)=C(\Nc1nc(C=O)cs1)C1CCCC1)c1ccccc1. The van der Waals surface area contributed by atoms with E-state index in [1.54, 1.807) is 5.38 Å². The van der Waals surface area contributed by atoms with Crippen molar-refractivity contribution in [2.75, 3.05) is 5.32 Å². The molecule has 0 spiro atoms. The smallest absolute Gasteiger partial charge is 0.187 e. The number of hydrogen-bond donors (Lipinski definition) is 3. The fourth-order valence-corrected chi connectivity index (χ4v) is 4.71. The standard InChI is InChI=1S/C24H24N4O2S2/c25-21(16-6-2-1-3-7-16)23(30-19-10-12-20(32-26)13-11-19)22(17-8-4-5-9-17)28-24-27-18(14-29)15-31-24/h1-3,6-7,10-15,17,25H,4-5,8-9,26H2,(H,27,28)/b23-22+,25-21?. The third-order valence-electron chi connectivity index (χ3n) is 5.36. The third kappa shape index (κ3) is 5.27. The van der Waals surface area contributed by atoms with Gasteiger partial charge in [0.1, 0.15) is 17.2 Å². The number of anilines is 1. The molecule has 1 fully saturated rings. The highest BCUT2D eigenvalue weighted by molar-refractivity contribution is 7.97. The second-order valence-electron chi connectivity index (χ2n) is 7.48. The summed E-state index contributed by atoms with van der Waals surface area (Å²) in [5.74, 6) is 1.32. The molecule has 8 heteroatoms. The molecule has 0 aliphatic heterocycles. The predicted molar refractivity (Wildman–Crippen MR) is 130 cm³/mol. The molecule has 0 saturated heterocycles. The van der Waals surface area contributed by atoms with Gasteiger partial charge >= 0.3 is 0 Å². The van der Waals surface area contributed by atoms with Crippen LogP contribution in [0.4, 0.5) is 5.13 Å². The van der Waals surface area contributed by atoms with Crippen molar-refractivity contribution in [2.24, 2.45) is 11.1 Å². The molecule has 2 aromatic carbocycles. The highest BCUT2D eigenvalue weighted by Crippen LogP contribution is 2.35. The van der Waals surface area contributed by atoms with Gasteiger partial charge < -0.3 is 10.1 Å². The van der Waals surface area contributed by atoms with Crippen molar-refractivity contribution in [3.63, 3.8) is 0 Å². The Morgan fingerprint density at radius 1 is 1.16 bits per heavy atom. The summed E-state index contributed by atoms with van der Waals surface area (Å²) in [5.41, 5.74) is 2.28. The van der Waals surface area contributed by atoms with Gasteiger partial charge in [-0.05, 0) is 49.1 Å². The Labute approximate surface area is 195 Å². The monoisotopic (exact) mass is 464 g/mol. The van der Waals surface area contributed by atoms with Crippen LogP contribution in [0.1, 0.15) is 41.7 Å². The second-order valence-corrected chi connectivity index (χ2v) is 9.04. The van der Waals surface area contributed by atoms with E-state index in [2.05, 4.69) is 10.3 Å². The van der Waals surface area contributed by atoms with Crippen molar-refractivity contribution in [3.8, 4) is 5.75 Å². The lowest BCUT2D eigenvalue weighted by atomic mass is 9.98. The van der Waals surface area contributed by atoms with Crippen LogP contribution in [0.5, 0.6) is 5.75 Å². The minimum atomic E-state index is 0.219. The number of nitrogens with two attached hydrogens (primary N) is 1. The van der Waals surface area contributed by atoms with E-state index < -0.39 is 0 Å². The molecular weight excluding hydrogens is 440 g/mol. The molecule has 164 valence electrons. The lowest BCUT2D eigenvalue weighted by Crippen LogP contribution is -2.21. The van der Waals surface area contributed by atoms with E-state index in [0.717, 1.165) is 48.1 Å². The first kappa shape index (κ1) is 22.3. The molecule has 1 saturated carbocycles. The van der Waals surface area contributed by atoms with Crippen molar-refractivity contribution in [1.82, 2.24) is 4.98 Å². The van der Waals surface area contributed by atoms with Gasteiger partial charge in [-0.25, -0.2) is 4.98 Å². The van der Waals surface area contributed by atoms with Gasteiger partial charge in [-0.3, -0.25) is 15.3 Å². The van der Waals surface area contributed by atoms with E-state index in [4.69, 9.17) is 15.3 Å². The van der Waals surface area contributed by atoms with Crippen LogP contribution in [0, 0.1) is 11.3 Å². The average molecular weight is 465 g/mol. The zero-order chi connectivity index (χ0) is 22.3. The van der Waals surface area contributed by atoms with Crippen LogP contribution in [-0.2, 0) is 0 Å². The van der Waals surface area contributed by atoms with Gasteiger partial charge in [0.25, 0.3) is 0 Å². The summed E-state index contributed by atoms with van der Waals surface area (Å²) < 4.78 is 6.36. The van der Waals surface area contributed by atoms with Gasteiger partial charge in [0, 0.05) is 21.8 Å². The van der Waals surface area contributed by atoms with Gasteiger partial charge in [0.2, 0.25) is 0 Å². The number of hydrogen-bond acceptors (Lipinski definition) is 8. The van der Waals surface area contributed by atoms with E-state index in [0.29, 0.717) is 28.0 Å². The molecule has 0 bridgehead atoms. The number of rotatable bonds is 9. The molecule has 0 unspecified atom stereocenters. The number of carbonyl (C=O) groups is 1. The van der Waals surface area contributed by atoms with Crippen LogP contribution >= 0.6 is 23.3 Å². The van der Waals surface area contributed by atoms with Crippen LogP contribution in [0.3, 0.4) is 0 Å². The van der Waals surface area contributed by atoms with Crippen LogP contribution in [0.25, 0.3) is 0 Å². The molecule has 4 rings (SSSR count). The molecule has 0 atom stereocenters. The Bertz CT molecular complexity index is 1100. The van der Waals surface area contributed by atoms with E-state index in [1.807, 2.05) is 54.6 Å². The molecular formula is C24H24N4O2S2. The molecule has 6 nitrogen and oxygen atoms in total. The number of aromatic nitrogens is 1. The van der Waals surface area contributed by atoms with Gasteiger partial charge in [0.15, 0.2) is 17.2 Å². The van der Waals surface area contributed by atoms with Gasteiger partial charge in [-0.2, -0.15) is 0 Å². The van der Waals surface area contributed by atoms with Crippen molar-refractivity contribution in [2.45, 2.75) is 30.6 Å². The first-order valence-electron chi connectivity index (χ1n) is 10.4. The Balaban J connectivity index is 1.78. The molecule has 1 aliphatic carbocycles. The maximum Gasteiger partial charge on any atom is 0.187 e. The summed E-state index contributed by atoms with van der Waals surface area (Å²) in [4.78, 5) is 16.4. The van der Waals surface area contributed by atoms with Crippen molar-refractivity contribution < 1.29 is 9.53 Å². The summed E-state index contributed by atoms with van der Waals surface area (Å²) >= 11 is 2.54. The Kier molecular flexibility index (Phi) is 7.36. The Morgan fingerprint density at radius 2 is 1.88 bits per heavy atom. The highest BCUT2D eigenvalue weighted by Gasteiger charge is 2.27. The summed E-state index contributed by atoms with van der Waals surface area (Å²) in [6.07, 6.45) is 5.00. The number of carbonyl (C=O) groups excluding carboxylic acids is 1. The second kappa shape index (κ2) is 10.6. The zero-order valence-corrected chi connectivity index (χ0v) is 19.0. The largest absolute Gasteiger partial charge is 0.453 e. The molecule has 32 heavy (non-hydrogen) atoms. The number of nitrogens with zero attached hydrogens (tertiary/aromatic N) is 1. The van der Waals surface area contributed by atoms with Crippen LogP contribution in [-0.4, -0.2) is 17.0 Å². The van der Waals surface area contributed by atoms with E-state index >= 15 is 0 Å². The van der Waals surface area contributed by atoms with Crippen molar-refractivity contribution >= 4 is 40.4 Å². The zero-order valence-electron chi connectivity index (χ0n) is 17.4. The number of allylic oxidation sites excluding steroid dienone is 2. The molecule has 1 aliphatic rings. The molecule has 0 amide bonds. The summed E-state index contributed by atoms with van der Waals surface area (Å²) in [5, 5.41) is 20.4. The fourth-order valence-electron chi connectivity index (χ4n) is 3.75. The number of aldehydes is 1. The minimum Gasteiger partial charge on any atom is -0.453 e. The summed E-state index contributed by atoms with van der Waals surface area (Å²) in [6.45, 7) is 0. The van der Waals surface area contributed by atoms with Crippen LogP contribution < -0.4 is 15.2 Å². The quantitative estimate of drug-likeness (QED) is 0.158. The molecule has 1 heterocycles. The number of thiazole rings is 1. The number of ether oxygens (including phenoxy) is 1. The maximum atomic E-state index is 11.1. The van der Waals surface area contributed by atoms with Crippen LogP contribution in [0.15, 0.2) is 76.3 Å². The summed E-state index contributed by atoms with van der Waals surface area (Å²) in [6, 6.07) is 17.1. The normalized spacial score (nSPS) is 14.7. The topological polar surface area (TPSA) is 101 Å². The average Bonchev–Trinajstić information content (AvgIpc) is 3.54. The molecule has 1 aromatic heterocycles. The minimum absolute atomic E-state index is 0.219. The van der Waals surface area contributed by atoms with E-state index in [1.165, 1.54) is 23.3 Å². The lowest BCUT2D eigenvalue weighted by Gasteiger charge is -2.22. The van der Waals surface area contributed by atoms with Crippen LogP contribution in [0.2, 0.25) is 0 Å². The first-order chi connectivity index (χ1) is 15.7. The van der Waals surface area contributed by atoms with E-state index in [-0.39, 0.29) is 5.92 Å². The highest BCUT2D eigenvalue weighted by atomic mass is 32.2. The lowest BCUT2D eigenvalue weighted by molar-refractivity contribution is 0.111. The van der Waals surface area contributed by atoms with Gasteiger partial charge in [-0.1, -0.05) is 43.2 Å². The molecule has 0 radical (unpaired) electrons. The van der Waals surface area contributed by atoms with Gasteiger partial charge in [-0.15, -0.1) is 11.3 Å². The van der Waals surface area contributed by atoms with E-state index in [9.17, 15) is 4.79 Å². The van der Waals surface area contributed by atoms with Gasteiger partial charge in [0.05, 0.1) is 5.70 Å². The fraction of sp³-hybridized carbons (Fsp3) is 0.208.